The number of hydrogen-bond donors (Lipinski definition) is 1. The summed E-state index contributed by atoms with van der Waals surface area (Å²) in [7, 11) is 0. The van der Waals surface area contributed by atoms with Crippen LogP contribution in [0, 0.1) is 0 Å². The third-order valence-electron chi connectivity index (χ3n) is 4.65. The number of ketones is 1. The van der Waals surface area contributed by atoms with Crippen LogP contribution in [-0.2, 0) is 9.59 Å². The van der Waals surface area contributed by atoms with Gasteiger partial charge in [0.15, 0.2) is 11.5 Å². The van der Waals surface area contributed by atoms with Gasteiger partial charge in [0.05, 0.1) is 11.6 Å². The van der Waals surface area contributed by atoms with Crippen molar-refractivity contribution >= 4 is 23.0 Å². The Balaban J connectivity index is 2.02. The minimum atomic E-state index is -0.400. The van der Waals surface area contributed by atoms with Crippen molar-refractivity contribution in [3.8, 4) is 0 Å². The summed E-state index contributed by atoms with van der Waals surface area (Å²) in [6, 6.07) is 3.59. The lowest BCUT2D eigenvalue weighted by Crippen LogP contribution is -2.41. The first-order valence-electron chi connectivity index (χ1n) is 7.97. The lowest BCUT2D eigenvalue weighted by atomic mass is 9.92. The van der Waals surface area contributed by atoms with E-state index in [9.17, 15) is 14.7 Å². The molecular weight excluding hydrogens is 298 g/mol. The number of aliphatic hydroxyl groups is 1. The van der Waals surface area contributed by atoms with Gasteiger partial charge in [0.25, 0.3) is 5.91 Å². The lowest BCUT2D eigenvalue weighted by Gasteiger charge is -2.36. The van der Waals surface area contributed by atoms with Gasteiger partial charge in [-0.05, 0) is 24.3 Å². The number of carbonyl (C=O) groups is 2. The maximum absolute atomic E-state index is 12.6. The number of hydrogen-bond acceptors (Lipinski definition) is 4. The smallest absolute Gasteiger partial charge is 0.290 e. The molecule has 1 aromatic rings. The molecule has 2 aliphatic rings. The highest BCUT2D eigenvalue weighted by molar-refractivity contribution is 7.10. The molecule has 1 aliphatic heterocycles. The van der Waals surface area contributed by atoms with Crippen molar-refractivity contribution in [3.63, 3.8) is 0 Å². The van der Waals surface area contributed by atoms with Gasteiger partial charge >= 0.3 is 0 Å². The summed E-state index contributed by atoms with van der Waals surface area (Å²) in [5.41, 5.74) is 0.292. The number of Topliss-reactive ketones (excluding diaryl/α,β-unsaturated/α-hetero) is 1. The van der Waals surface area contributed by atoms with Crippen molar-refractivity contribution in [1.29, 1.82) is 0 Å². The third-order valence-corrected chi connectivity index (χ3v) is 5.57. The van der Waals surface area contributed by atoms with Crippen molar-refractivity contribution < 1.29 is 14.7 Å². The Morgan fingerprint density at radius 3 is 2.68 bits per heavy atom. The third kappa shape index (κ3) is 2.47. The predicted molar refractivity (Wildman–Crippen MR) is 85.7 cm³/mol. The molecular formula is C17H21NO3S. The molecule has 5 heteroatoms. The van der Waals surface area contributed by atoms with Crippen LogP contribution in [0.3, 0.4) is 0 Å². The molecule has 1 amide bonds. The molecule has 1 aromatic heterocycles. The molecule has 3 rings (SSSR count). The van der Waals surface area contributed by atoms with Gasteiger partial charge in [0, 0.05) is 17.3 Å². The normalized spacial score (nSPS) is 23.4. The van der Waals surface area contributed by atoms with Crippen LogP contribution < -0.4 is 0 Å². The molecule has 4 nitrogen and oxygen atoms in total. The van der Waals surface area contributed by atoms with E-state index < -0.39 is 6.04 Å². The van der Waals surface area contributed by atoms with Gasteiger partial charge in [-0.1, -0.05) is 32.3 Å². The van der Waals surface area contributed by atoms with Crippen LogP contribution in [0.25, 0.3) is 0 Å². The molecule has 0 bridgehead atoms. The topological polar surface area (TPSA) is 57.6 Å². The maximum Gasteiger partial charge on any atom is 0.290 e. The van der Waals surface area contributed by atoms with Crippen LogP contribution in [0.1, 0.15) is 56.4 Å². The SMILES string of the molecule is CCC(=O)C1=C(O)C(=O)N(C2CCCCC2)C1c1cccs1. The monoisotopic (exact) mass is 319 g/mol. The Morgan fingerprint density at radius 2 is 2.09 bits per heavy atom. The fourth-order valence-electron chi connectivity index (χ4n) is 3.56. The summed E-state index contributed by atoms with van der Waals surface area (Å²) < 4.78 is 0. The fourth-order valence-corrected chi connectivity index (χ4v) is 4.39. The molecule has 2 heterocycles. The molecule has 22 heavy (non-hydrogen) atoms. The van der Waals surface area contributed by atoms with Gasteiger partial charge in [0.1, 0.15) is 0 Å². The fraction of sp³-hybridized carbons (Fsp3) is 0.529. The number of carbonyl (C=O) groups excluding carboxylic acids is 2. The van der Waals surface area contributed by atoms with Crippen molar-refractivity contribution in [2.75, 3.05) is 0 Å². The Bertz CT molecular complexity index is 599. The van der Waals surface area contributed by atoms with Crippen molar-refractivity contribution in [1.82, 2.24) is 4.90 Å². The molecule has 1 fully saturated rings. The van der Waals surface area contributed by atoms with Crippen LogP contribution >= 0.6 is 11.3 Å². The second-order valence-corrected chi connectivity index (χ2v) is 6.94. The average molecular weight is 319 g/mol. The van der Waals surface area contributed by atoms with Crippen LogP contribution in [0.4, 0.5) is 0 Å². The number of rotatable bonds is 4. The lowest BCUT2D eigenvalue weighted by molar-refractivity contribution is -0.132. The van der Waals surface area contributed by atoms with Crippen molar-refractivity contribution in [3.05, 3.63) is 33.7 Å². The van der Waals surface area contributed by atoms with Crippen LogP contribution in [0.15, 0.2) is 28.8 Å². The largest absolute Gasteiger partial charge is 0.503 e. The molecule has 0 saturated heterocycles. The minimum Gasteiger partial charge on any atom is -0.503 e. The van der Waals surface area contributed by atoms with Crippen LogP contribution in [0.2, 0.25) is 0 Å². The average Bonchev–Trinajstić information content (AvgIpc) is 3.15. The van der Waals surface area contributed by atoms with Gasteiger partial charge in [0.2, 0.25) is 0 Å². The van der Waals surface area contributed by atoms with Crippen LogP contribution in [0.5, 0.6) is 0 Å². The summed E-state index contributed by atoms with van der Waals surface area (Å²) in [5.74, 6) is -0.847. The molecule has 118 valence electrons. The first-order chi connectivity index (χ1) is 10.6. The van der Waals surface area contributed by atoms with E-state index in [1.807, 2.05) is 17.5 Å². The van der Waals surface area contributed by atoms with E-state index in [1.54, 1.807) is 11.8 Å². The Hall–Kier alpha value is -1.62. The van der Waals surface area contributed by atoms with Gasteiger partial charge in [-0.15, -0.1) is 11.3 Å². The number of nitrogens with zero attached hydrogens (tertiary/aromatic N) is 1. The number of amides is 1. The summed E-state index contributed by atoms with van der Waals surface area (Å²) in [6.45, 7) is 1.77. The summed E-state index contributed by atoms with van der Waals surface area (Å²) >= 11 is 1.53. The van der Waals surface area contributed by atoms with Crippen molar-refractivity contribution in [2.45, 2.75) is 57.5 Å². The maximum atomic E-state index is 12.6. The first-order valence-corrected chi connectivity index (χ1v) is 8.85. The molecule has 1 unspecified atom stereocenters. The van der Waals surface area contributed by atoms with Crippen molar-refractivity contribution in [2.24, 2.45) is 0 Å². The summed E-state index contributed by atoms with van der Waals surface area (Å²) in [5, 5.41) is 12.2. The Morgan fingerprint density at radius 1 is 1.36 bits per heavy atom. The minimum absolute atomic E-state index is 0.123. The van der Waals surface area contributed by atoms with Gasteiger partial charge < -0.3 is 10.0 Å². The molecule has 1 N–H and O–H groups in total. The first kappa shape index (κ1) is 15.3. The van der Waals surface area contributed by atoms with E-state index in [2.05, 4.69) is 0 Å². The molecule has 1 saturated carbocycles. The number of thiophene rings is 1. The van der Waals surface area contributed by atoms with E-state index in [1.165, 1.54) is 17.8 Å². The number of aliphatic hydroxyl groups excluding tert-OH is 1. The molecule has 0 spiro atoms. The molecule has 1 aliphatic carbocycles. The highest BCUT2D eigenvalue weighted by Crippen LogP contribution is 2.43. The van der Waals surface area contributed by atoms with E-state index in [4.69, 9.17) is 0 Å². The highest BCUT2D eigenvalue weighted by Gasteiger charge is 2.46. The summed E-state index contributed by atoms with van der Waals surface area (Å²) in [6.07, 6.45) is 5.60. The van der Waals surface area contributed by atoms with Crippen LogP contribution in [-0.4, -0.2) is 27.7 Å². The standard InChI is InChI=1S/C17H21NO3S/c1-2-12(19)14-15(13-9-6-10-22-13)18(17(21)16(14)20)11-7-4-3-5-8-11/h6,9-11,15,20H,2-5,7-8H2,1H3. The molecule has 0 aromatic carbocycles. The zero-order valence-corrected chi connectivity index (χ0v) is 13.6. The van der Waals surface area contributed by atoms with E-state index in [-0.39, 0.29) is 23.5 Å². The van der Waals surface area contributed by atoms with E-state index in [0.717, 1.165) is 30.6 Å². The van der Waals surface area contributed by atoms with Gasteiger partial charge in [-0.3, -0.25) is 9.59 Å². The molecule has 1 atom stereocenters. The van der Waals surface area contributed by atoms with E-state index in [0.29, 0.717) is 12.0 Å². The van der Waals surface area contributed by atoms with Gasteiger partial charge in [-0.25, -0.2) is 0 Å². The summed E-state index contributed by atoms with van der Waals surface area (Å²) in [4.78, 5) is 27.6. The quantitative estimate of drug-likeness (QED) is 0.919. The zero-order valence-electron chi connectivity index (χ0n) is 12.7. The molecule has 0 radical (unpaired) electrons. The zero-order chi connectivity index (χ0) is 15.7. The second-order valence-electron chi connectivity index (χ2n) is 5.96. The Kier molecular flexibility index (Phi) is 4.34. The second kappa shape index (κ2) is 6.24. The van der Waals surface area contributed by atoms with E-state index >= 15 is 0 Å². The highest BCUT2D eigenvalue weighted by atomic mass is 32.1. The Labute approximate surface area is 134 Å². The predicted octanol–water partition coefficient (Wildman–Crippen LogP) is 3.76. The van der Waals surface area contributed by atoms with Gasteiger partial charge in [-0.2, -0.15) is 0 Å².